The van der Waals surface area contributed by atoms with Crippen LogP contribution >= 0.6 is 11.8 Å². The molecule has 1 aliphatic rings. The molecule has 3 N–H and O–H groups in total. The summed E-state index contributed by atoms with van der Waals surface area (Å²) in [5.41, 5.74) is 6.98. The third kappa shape index (κ3) is 3.62. The maximum absolute atomic E-state index is 13.6. The maximum Gasteiger partial charge on any atom is 0.248 e. The van der Waals surface area contributed by atoms with E-state index in [0.717, 1.165) is 5.56 Å². The van der Waals surface area contributed by atoms with Crippen molar-refractivity contribution >= 4 is 28.7 Å². The third-order valence-electron chi connectivity index (χ3n) is 4.27. The minimum atomic E-state index is -0.840. The van der Waals surface area contributed by atoms with Gasteiger partial charge in [-0.3, -0.25) is 14.6 Å². The number of halogens is 1. The molecule has 0 aromatic heterocycles. The number of benzene rings is 2. The number of amides is 2. The zero-order chi connectivity index (χ0) is 18.7. The fraction of sp³-hybridized carbons (Fsp3) is 0.211. The molecule has 1 fully saturated rings. The number of nitrogens with one attached hydrogen (secondary N) is 1. The summed E-state index contributed by atoms with van der Waals surface area (Å²) in [5.74, 6) is -0.949. The van der Waals surface area contributed by atoms with Crippen LogP contribution in [0.25, 0.3) is 0 Å². The van der Waals surface area contributed by atoms with Crippen LogP contribution in [-0.4, -0.2) is 23.5 Å². The molecule has 1 saturated heterocycles. The molecule has 1 aliphatic heterocycles. The zero-order valence-electron chi connectivity index (χ0n) is 14.2. The summed E-state index contributed by atoms with van der Waals surface area (Å²) in [4.78, 5) is 28.0. The lowest BCUT2D eigenvalue weighted by molar-refractivity contribution is -0.121. The number of rotatable bonds is 5. The van der Waals surface area contributed by atoms with E-state index >= 15 is 0 Å². The Morgan fingerprint density at radius 2 is 1.92 bits per heavy atom. The van der Waals surface area contributed by atoms with E-state index in [1.54, 1.807) is 49.4 Å². The number of carbonyl (C=O) groups is 2. The van der Waals surface area contributed by atoms with E-state index < -0.39 is 10.7 Å². The van der Waals surface area contributed by atoms with Crippen LogP contribution in [-0.2, 0) is 16.0 Å². The van der Waals surface area contributed by atoms with Crippen LogP contribution in [0.2, 0.25) is 0 Å². The molecule has 7 heteroatoms. The first-order chi connectivity index (χ1) is 12.4. The standard InChI is InChI=1S/C19H18FN3O2S/c1-19(14-8-6-13(7-9-14)16(21)24)17(25)23-18(26-19)22-11-10-12-4-2-3-5-15(12)20/h2-9H,10-11H2,1H3,(H2,21,24)(H,22,23,25). The summed E-state index contributed by atoms with van der Waals surface area (Å²) < 4.78 is 12.8. The van der Waals surface area contributed by atoms with E-state index in [0.29, 0.717) is 29.3 Å². The van der Waals surface area contributed by atoms with Gasteiger partial charge in [0.05, 0.1) is 0 Å². The van der Waals surface area contributed by atoms with E-state index in [1.165, 1.54) is 17.8 Å². The Morgan fingerprint density at radius 3 is 2.58 bits per heavy atom. The number of thioether (sulfide) groups is 1. The van der Waals surface area contributed by atoms with Crippen molar-refractivity contribution in [1.29, 1.82) is 0 Å². The van der Waals surface area contributed by atoms with Crippen molar-refractivity contribution in [2.75, 3.05) is 6.54 Å². The van der Waals surface area contributed by atoms with Gasteiger partial charge in [-0.05, 0) is 42.7 Å². The number of amidine groups is 1. The van der Waals surface area contributed by atoms with Crippen molar-refractivity contribution in [2.45, 2.75) is 18.1 Å². The summed E-state index contributed by atoms with van der Waals surface area (Å²) in [6.45, 7) is 2.17. The molecule has 2 aromatic rings. The number of hydrogen-bond acceptors (Lipinski definition) is 4. The number of carbonyl (C=O) groups excluding carboxylic acids is 2. The van der Waals surface area contributed by atoms with E-state index in [4.69, 9.17) is 5.73 Å². The Morgan fingerprint density at radius 1 is 1.23 bits per heavy atom. The number of aliphatic imine (C=N–C) groups is 1. The van der Waals surface area contributed by atoms with E-state index in [-0.39, 0.29) is 11.7 Å². The lowest BCUT2D eigenvalue weighted by Gasteiger charge is -2.19. The van der Waals surface area contributed by atoms with Crippen LogP contribution in [0.15, 0.2) is 53.5 Å². The van der Waals surface area contributed by atoms with Crippen molar-refractivity contribution < 1.29 is 14.0 Å². The highest BCUT2D eigenvalue weighted by molar-refractivity contribution is 8.15. The van der Waals surface area contributed by atoms with Crippen LogP contribution in [0.5, 0.6) is 0 Å². The second-order valence-electron chi connectivity index (χ2n) is 6.06. The average molecular weight is 371 g/mol. The molecule has 134 valence electrons. The highest BCUT2D eigenvalue weighted by Crippen LogP contribution is 2.41. The van der Waals surface area contributed by atoms with Gasteiger partial charge in [0.1, 0.15) is 10.6 Å². The quantitative estimate of drug-likeness (QED) is 0.847. The number of primary amides is 1. The Balaban J connectivity index is 1.71. The van der Waals surface area contributed by atoms with Crippen molar-refractivity contribution in [2.24, 2.45) is 10.7 Å². The predicted molar refractivity (Wildman–Crippen MR) is 100 cm³/mol. The van der Waals surface area contributed by atoms with Crippen molar-refractivity contribution in [3.8, 4) is 0 Å². The first-order valence-electron chi connectivity index (χ1n) is 8.09. The van der Waals surface area contributed by atoms with Crippen LogP contribution in [0, 0.1) is 5.82 Å². The van der Waals surface area contributed by atoms with Gasteiger partial charge in [-0.15, -0.1) is 0 Å². The molecule has 0 saturated carbocycles. The van der Waals surface area contributed by atoms with Gasteiger partial charge in [-0.25, -0.2) is 4.39 Å². The highest BCUT2D eigenvalue weighted by atomic mass is 32.2. The second kappa shape index (κ2) is 7.29. The molecule has 0 aliphatic carbocycles. The Labute approximate surface area is 154 Å². The molecule has 1 atom stereocenters. The normalized spacial score (nSPS) is 21.0. The summed E-state index contributed by atoms with van der Waals surface area (Å²) >= 11 is 1.31. The number of nitrogens with two attached hydrogens (primary N) is 1. The summed E-state index contributed by atoms with van der Waals surface area (Å²) in [6, 6.07) is 13.2. The fourth-order valence-corrected chi connectivity index (χ4v) is 3.76. The third-order valence-corrected chi connectivity index (χ3v) is 5.52. The molecule has 1 heterocycles. The van der Waals surface area contributed by atoms with Gasteiger partial charge >= 0.3 is 0 Å². The van der Waals surface area contributed by atoms with Crippen LogP contribution in [0.4, 0.5) is 4.39 Å². The van der Waals surface area contributed by atoms with Gasteiger partial charge in [-0.1, -0.05) is 42.1 Å². The number of hydrogen-bond donors (Lipinski definition) is 2. The predicted octanol–water partition coefficient (Wildman–Crippen LogP) is 2.60. The average Bonchev–Trinajstić information content (AvgIpc) is 2.92. The molecule has 2 amide bonds. The van der Waals surface area contributed by atoms with Gasteiger partial charge in [0.25, 0.3) is 0 Å². The SMILES string of the molecule is CC1(c2ccc(C(N)=O)cc2)SC(=NCCc2ccccc2F)NC1=O. The topological polar surface area (TPSA) is 84.6 Å². The van der Waals surface area contributed by atoms with Crippen molar-refractivity contribution in [1.82, 2.24) is 5.32 Å². The van der Waals surface area contributed by atoms with E-state index in [9.17, 15) is 14.0 Å². The van der Waals surface area contributed by atoms with E-state index in [1.807, 2.05) is 0 Å². The molecule has 2 aromatic carbocycles. The molecular formula is C19H18FN3O2S. The van der Waals surface area contributed by atoms with Gasteiger partial charge in [0, 0.05) is 12.1 Å². The molecule has 3 rings (SSSR count). The van der Waals surface area contributed by atoms with Crippen LogP contribution < -0.4 is 11.1 Å². The van der Waals surface area contributed by atoms with Gasteiger partial charge in [0.15, 0.2) is 5.17 Å². The lowest BCUT2D eigenvalue weighted by Crippen LogP contribution is -2.31. The molecule has 0 spiro atoms. The van der Waals surface area contributed by atoms with Crippen molar-refractivity contribution in [3.05, 3.63) is 71.0 Å². The Hall–Kier alpha value is -2.67. The second-order valence-corrected chi connectivity index (χ2v) is 7.47. The largest absolute Gasteiger partial charge is 0.366 e. The van der Waals surface area contributed by atoms with E-state index in [2.05, 4.69) is 10.3 Å². The minimum absolute atomic E-state index is 0.182. The first-order valence-corrected chi connectivity index (χ1v) is 8.90. The smallest absolute Gasteiger partial charge is 0.248 e. The first kappa shape index (κ1) is 18.1. The molecule has 0 bridgehead atoms. The van der Waals surface area contributed by atoms with Gasteiger partial charge in [0.2, 0.25) is 11.8 Å². The van der Waals surface area contributed by atoms with Gasteiger partial charge < -0.3 is 11.1 Å². The van der Waals surface area contributed by atoms with Crippen LogP contribution in [0.1, 0.15) is 28.4 Å². The minimum Gasteiger partial charge on any atom is -0.366 e. The number of nitrogens with zero attached hydrogens (tertiary/aromatic N) is 1. The summed E-state index contributed by atoms with van der Waals surface area (Å²) in [5, 5.41) is 3.28. The van der Waals surface area contributed by atoms with Crippen molar-refractivity contribution in [3.63, 3.8) is 0 Å². The highest BCUT2D eigenvalue weighted by Gasteiger charge is 2.43. The zero-order valence-corrected chi connectivity index (χ0v) is 15.0. The Kier molecular flexibility index (Phi) is 5.08. The van der Waals surface area contributed by atoms with Gasteiger partial charge in [-0.2, -0.15) is 0 Å². The molecule has 26 heavy (non-hydrogen) atoms. The summed E-state index contributed by atoms with van der Waals surface area (Å²) in [7, 11) is 0. The summed E-state index contributed by atoms with van der Waals surface area (Å²) in [6.07, 6.45) is 0.455. The van der Waals surface area contributed by atoms with Crippen LogP contribution in [0.3, 0.4) is 0 Å². The molecule has 5 nitrogen and oxygen atoms in total. The lowest BCUT2D eigenvalue weighted by atomic mass is 9.98. The Bertz CT molecular complexity index is 883. The molecular weight excluding hydrogens is 353 g/mol. The monoisotopic (exact) mass is 371 g/mol. The molecule has 1 unspecified atom stereocenters. The fourth-order valence-electron chi connectivity index (χ4n) is 2.68. The molecule has 0 radical (unpaired) electrons. The maximum atomic E-state index is 13.6.